The topological polar surface area (TPSA) is 25.8 Å². The van der Waals surface area contributed by atoms with Crippen molar-refractivity contribution in [1.82, 2.24) is 9.97 Å². The number of hydrogen-bond acceptors (Lipinski definition) is 2. The van der Waals surface area contributed by atoms with Gasteiger partial charge in [0, 0.05) is 32.5 Å². The summed E-state index contributed by atoms with van der Waals surface area (Å²) in [6, 6.07) is 33.8. The molecule has 1 radical (unpaired) electrons. The summed E-state index contributed by atoms with van der Waals surface area (Å²) in [5, 5.41) is 2.77. The maximum Gasteiger partial charge on any atom is 0.0161 e. The van der Waals surface area contributed by atoms with Gasteiger partial charge in [-0.2, -0.15) is 0 Å². The molecular weight excluding hydrogens is 725 g/mol. The van der Waals surface area contributed by atoms with Gasteiger partial charge in [0.05, 0.1) is 0 Å². The molecule has 4 saturated carbocycles. The Labute approximate surface area is 280 Å². The molecule has 3 aromatic carbocycles. The van der Waals surface area contributed by atoms with Crippen molar-refractivity contribution in [3.63, 3.8) is 0 Å². The zero-order valence-electron chi connectivity index (χ0n) is 25.8. The molecule has 2 heterocycles. The van der Waals surface area contributed by atoms with Gasteiger partial charge in [0.25, 0.3) is 0 Å². The first-order chi connectivity index (χ1) is 21.7. The second-order valence-electron chi connectivity index (χ2n) is 14.6. The number of nitrogens with zero attached hydrogens (tertiary/aromatic N) is 2. The first kappa shape index (κ1) is 28.1. The van der Waals surface area contributed by atoms with E-state index in [1.165, 1.54) is 121 Å². The van der Waals surface area contributed by atoms with Gasteiger partial charge < -0.3 is 9.97 Å². The monoisotopic (exact) mass is 763 g/mol. The molecule has 0 atom stereocenters. The molecule has 0 bridgehead atoms. The van der Waals surface area contributed by atoms with E-state index in [4.69, 9.17) is 9.97 Å². The van der Waals surface area contributed by atoms with Crippen LogP contribution in [0, 0.1) is 12.1 Å². The summed E-state index contributed by atoms with van der Waals surface area (Å²) in [5.74, 6) is 0. The summed E-state index contributed by atoms with van der Waals surface area (Å²) < 4.78 is 0. The van der Waals surface area contributed by atoms with Crippen LogP contribution in [0.1, 0.15) is 99.3 Å². The molecule has 6 aliphatic rings. The Balaban J connectivity index is 0.000000124. The maximum atomic E-state index is 4.85. The van der Waals surface area contributed by atoms with Crippen LogP contribution in [0.3, 0.4) is 0 Å². The smallest absolute Gasteiger partial charge is 0.0161 e. The van der Waals surface area contributed by atoms with Crippen molar-refractivity contribution in [2.24, 2.45) is 0 Å². The van der Waals surface area contributed by atoms with Crippen molar-refractivity contribution in [2.75, 3.05) is 0 Å². The third kappa shape index (κ3) is 3.34. The molecular formula is C42H38IrN2-2. The standard InChI is InChI=1S/C23H20N.C19H18N.Ir/c1-2-7-17-16(6-1)9-10-18-20(17)23-13-4-11-22(23,12-5-14-23)19-8-3-15-24-21(18)19;1-2-7-15-14(6-1)17-16(8-3-13-20-17)19-11-4-9-18(15,19)10-5-12-19;/h1-3,6-9,15H,4-5,11-14H2;1-3,7-8,13H,4-5,9-12H2;/q2*-1;. The number of hydrogen-bond donors (Lipinski definition) is 0. The Morgan fingerprint density at radius 2 is 1.04 bits per heavy atom. The molecule has 45 heavy (non-hydrogen) atoms. The molecule has 4 fully saturated rings. The molecule has 0 saturated heterocycles. The van der Waals surface area contributed by atoms with Gasteiger partial charge in [0.15, 0.2) is 0 Å². The Bertz CT molecular complexity index is 1890. The molecule has 2 nitrogen and oxygen atoms in total. The first-order valence-corrected chi connectivity index (χ1v) is 17.1. The molecule has 2 aromatic heterocycles. The summed E-state index contributed by atoms with van der Waals surface area (Å²) in [5.41, 5.74) is 12.5. The van der Waals surface area contributed by atoms with Gasteiger partial charge >= 0.3 is 0 Å². The van der Waals surface area contributed by atoms with Crippen LogP contribution < -0.4 is 0 Å². The Hall–Kier alpha value is -3.13. The van der Waals surface area contributed by atoms with E-state index >= 15 is 0 Å². The number of benzene rings is 3. The van der Waals surface area contributed by atoms with Crippen molar-refractivity contribution in [3.8, 4) is 22.5 Å². The van der Waals surface area contributed by atoms with E-state index in [-0.39, 0.29) is 20.1 Å². The van der Waals surface area contributed by atoms with E-state index in [0.29, 0.717) is 21.7 Å². The molecule has 0 unspecified atom stereocenters. The normalized spacial score (nSPS) is 30.7. The Morgan fingerprint density at radius 3 is 1.71 bits per heavy atom. The van der Waals surface area contributed by atoms with Crippen molar-refractivity contribution in [3.05, 3.63) is 120 Å². The molecule has 227 valence electrons. The minimum absolute atomic E-state index is 0. The molecule has 0 aliphatic heterocycles. The van der Waals surface area contributed by atoms with Gasteiger partial charge in [-0.15, -0.1) is 58.7 Å². The fourth-order valence-electron chi connectivity index (χ4n) is 12.2. The fraction of sp³-hybridized carbons (Fsp3) is 0.381. The molecule has 0 amide bonds. The van der Waals surface area contributed by atoms with E-state index in [1.807, 2.05) is 18.5 Å². The molecule has 3 heteroatoms. The van der Waals surface area contributed by atoms with Crippen LogP contribution >= 0.6 is 0 Å². The fourth-order valence-corrected chi connectivity index (χ4v) is 12.2. The van der Waals surface area contributed by atoms with Crippen LogP contribution in [0.15, 0.2) is 85.2 Å². The molecule has 0 spiro atoms. The van der Waals surface area contributed by atoms with Gasteiger partial charge in [-0.05, 0) is 70.9 Å². The zero-order valence-corrected chi connectivity index (χ0v) is 28.2. The van der Waals surface area contributed by atoms with E-state index in [0.717, 1.165) is 0 Å². The van der Waals surface area contributed by atoms with Gasteiger partial charge in [-0.25, -0.2) is 0 Å². The predicted octanol–water partition coefficient (Wildman–Crippen LogP) is 9.96. The average molecular weight is 763 g/mol. The number of pyridine rings is 2. The van der Waals surface area contributed by atoms with Gasteiger partial charge in [-0.1, -0.05) is 110 Å². The Kier molecular flexibility index (Phi) is 6.21. The SMILES string of the molecule is [Ir].[c-]1cc2ccccc2c2c1-c1ncccc1C13CCCC21CCC3.[c-]1cccc2c1-c1ncccc1C13CCCC21CCC3. The van der Waals surface area contributed by atoms with E-state index in [2.05, 4.69) is 78.9 Å². The molecule has 5 aromatic rings. The van der Waals surface area contributed by atoms with Crippen molar-refractivity contribution < 1.29 is 20.1 Å². The van der Waals surface area contributed by atoms with E-state index in [9.17, 15) is 0 Å². The summed E-state index contributed by atoms with van der Waals surface area (Å²) in [7, 11) is 0. The number of fused-ring (bicyclic) bond motifs is 8. The number of aromatic nitrogens is 2. The maximum absolute atomic E-state index is 4.85. The zero-order chi connectivity index (χ0) is 29.0. The van der Waals surface area contributed by atoms with Crippen LogP contribution in [0.5, 0.6) is 0 Å². The van der Waals surface area contributed by atoms with Gasteiger partial charge in [0.1, 0.15) is 0 Å². The summed E-state index contributed by atoms with van der Waals surface area (Å²) in [6.45, 7) is 0. The summed E-state index contributed by atoms with van der Waals surface area (Å²) >= 11 is 0. The van der Waals surface area contributed by atoms with Crippen LogP contribution in [-0.2, 0) is 41.8 Å². The molecule has 0 N–H and O–H groups in total. The van der Waals surface area contributed by atoms with Crippen LogP contribution in [-0.4, -0.2) is 9.97 Å². The Morgan fingerprint density at radius 1 is 0.511 bits per heavy atom. The van der Waals surface area contributed by atoms with Crippen molar-refractivity contribution >= 4 is 10.8 Å². The van der Waals surface area contributed by atoms with Crippen molar-refractivity contribution in [2.45, 2.75) is 98.7 Å². The minimum atomic E-state index is 0. The van der Waals surface area contributed by atoms with Crippen molar-refractivity contribution in [1.29, 1.82) is 0 Å². The summed E-state index contributed by atoms with van der Waals surface area (Å²) in [6.07, 6.45) is 20.0. The van der Waals surface area contributed by atoms with Gasteiger partial charge in [0.2, 0.25) is 0 Å². The van der Waals surface area contributed by atoms with Crippen LogP contribution in [0.4, 0.5) is 0 Å². The second kappa shape index (κ2) is 9.93. The van der Waals surface area contributed by atoms with Gasteiger partial charge in [-0.3, -0.25) is 0 Å². The summed E-state index contributed by atoms with van der Waals surface area (Å²) in [4.78, 5) is 9.59. The third-order valence-corrected chi connectivity index (χ3v) is 13.5. The average Bonchev–Trinajstić information content (AvgIpc) is 3.84. The molecule has 11 rings (SSSR count). The van der Waals surface area contributed by atoms with E-state index in [1.54, 1.807) is 11.1 Å². The predicted molar refractivity (Wildman–Crippen MR) is 177 cm³/mol. The second-order valence-corrected chi connectivity index (χ2v) is 14.6. The minimum Gasteiger partial charge on any atom is -0.304 e. The quantitative estimate of drug-likeness (QED) is 0.147. The molecule has 6 aliphatic carbocycles. The largest absolute Gasteiger partial charge is 0.304 e. The first-order valence-electron chi connectivity index (χ1n) is 17.1. The number of rotatable bonds is 0. The van der Waals surface area contributed by atoms with E-state index < -0.39 is 0 Å². The van der Waals surface area contributed by atoms with Crippen LogP contribution in [0.2, 0.25) is 0 Å². The van der Waals surface area contributed by atoms with Crippen LogP contribution in [0.25, 0.3) is 33.3 Å². The third-order valence-electron chi connectivity index (χ3n) is 13.5.